The highest BCUT2D eigenvalue weighted by atomic mass is 35.5. The summed E-state index contributed by atoms with van der Waals surface area (Å²) >= 11 is 7.90. The van der Waals surface area contributed by atoms with Crippen molar-refractivity contribution in [2.75, 3.05) is 5.73 Å². The Kier molecular flexibility index (Phi) is 4.53. The minimum absolute atomic E-state index is 0.0529. The van der Waals surface area contributed by atoms with Crippen LogP contribution in [0, 0.1) is 6.92 Å². The van der Waals surface area contributed by atoms with Crippen molar-refractivity contribution in [3.05, 3.63) is 69.9 Å². The van der Waals surface area contributed by atoms with Gasteiger partial charge < -0.3 is 20.3 Å². The SMILES string of the molecule is Cc1cc(C(=O)c2c(O)[nH]c3cc(Cl)c(-c4ccc(-c5csc(N)n5)cc4)cc23)on1. The average molecular weight is 451 g/mol. The van der Waals surface area contributed by atoms with Gasteiger partial charge in [-0.15, -0.1) is 11.3 Å². The van der Waals surface area contributed by atoms with E-state index in [0.29, 0.717) is 26.8 Å². The van der Waals surface area contributed by atoms with Gasteiger partial charge in [-0.25, -0.2) is 4.98 Å². The Balaban J connectivity index is 1.60. The number of nitrogens with zero attached hydrogens (tertiary/aromatic N) is 2. The molecule has 0 saturated heterocycles. The Morgan fingerprint density at radius 1 is 1.19 bits per heavy atom. The predicted molar refractivity (Wildman–Crippen MR) is 121 cm³/mol. The molecule has 31 heavy (non-hydrogen) atoms. The van der Waals surface area contributed by atoms with E-state index in [1.165, 1.54) is 17.4 Å². The number of nitrogens with two attached hydrogens (primary N) is 1. The second-order valence-electron chi connectivity index (χ2n) is 7.04. The van der Waals surface area contributed by atoms with Crippen LogP contribution in [0.5, 0.6) is 5.88 Å². The molecule has 0 spiro atoms. The van der Waals surface area contributed by atoms with Crippen molar-refractivity contribution in [2.24, 2.45) is 0 Å². The van der Waals surface area contributed by atoms with Gasteiger partial charge in [0.2, 0.25) is 17.4 Å². The summed E-state index contributed by atoms with van der Waals surface area (Å²) in [5.74, 6) is -0.662. The van der Waals surface area contributed by atoms with Gasteiger partial charge in [0.05, 0.1) is 27.5 Å². The lowest BCUT2D eigenvalue weighted by Crippen LogP contribution is -1.99. The minimum Gasteiger partial charge on any atom is -0.494 e. The number of nitrogen functional groups attached to an aromatic ring is 1. The van der Waals surface area contributed by atoms with Gasteiger partial charge in [-0.3, -0.25) is 4.79 Å². The van der Waals surface area contributed by atoms with Gasteiger partial charge in [-0.2, -0.15) is 0 Å². The molecular formula is C22H15ClN4O3S. The number of ketones is 1. The van der Waals surface area contributed by atoms with Crippen LogP contribution in [-0.4, -0.2) is 26.0 Å². The Morgan fingerprint density at radius 3 is 2.58 bits per heavy atom. The number of carbonyl (C=O) groups is 1. The lowest BCUT2D eigenvalue weighted by molar-refractivity contribution is 0.0999. The summed E-state index contributed by atoms with van der Waals surface area (Å²) in [6.07, 6.45) is 0. The van der Waals surface area contributed by atoms with Gasteiger partial charge >= 0.3 is 0 Å². The summed E-state index contributed by atoms with van der Waals surface area (Å²) in [5.41, 5.74) is 10.3. The number of fused-ring (bicyclic) bond motifs is 1. The molecule has 5 rings (SSSR count). The second-order valence-corrected chi connectivity index (χ2v) is 8.33. The van der Waals surface area contributed by atoms with E-state index in [0.717, 1.165) is 22.4 Å². The van der Waals surface area contributed by atoms with E-state index in [4.69, 9.17) is 21.9 Å². The highest BCUT2D eigenvalue weighted by molar-refractivity contribution is 7.13. The van der Waals surface area contributed by atoms with Crippen molar-refractivity contribution in [3.63, 3.8) is 0 Å². The Morgan fingerprint density at radius 2 is 1.94 bits per heavy atom. The fourth-order valence-corrected chi connectivity index (χ4v) is 4.33. The zero-order valence-corrected chi connectivity index (χ0v) is 17.7. The number of hydrogen-bond donors (Lipinski definition) is 3. The molecule has 7 nitrogen and oxygen atoms in total. The zero-order chi connectivity index (χ0) is 21.7. The standard InChI is InChI=1S/C22H15ClN4O3S/c1-10-6-18(30-27-10)20(28)19-14-7-13(15(23)8-16(14)25-21(19)29)11-2-4-12(5-3-11)17-9-31-22(24)26-17/h2-9,25,29H,1H3,(H2,24,26). The fraction of sp³-hybridized carbons (Fsp3) is 0.0455. The van der Waals surface area contributed by atoms with E-state index < -0.39 is 5.78 Å². The minimum atomic E-state index is -0.464. The summed E-state index contributed by atoms with van der Waals surface area (Å²) in [6.45, 7) is 1.72. The largest absolute Gasteiger partial charge is 0.494 e. The van der Waals surface area contributed by atoms with E-state index in [-0.39, 0.29) is 17.2 Å². The number of hydrogen-bond acceptors (Lipinski definition) is 7. The van der Waals surface area contributed by atoms with Gasteiger partial charge in [-0.1, -0.05) is 41.0 Å². The number of aromatic hydroxyl groups is 1. The van der Waals surface area contributed by atoms with Crippen LogP contribution in [0.2, 0.25) is 5.02 Å². The molecule has 3 heterocycles. The number of aromatic amines is 1. The Labute approximate surface area is 185 Å². The molecule has 0 atom stereocenters. The topological polar surface area (TPSA) is 118 Å². The number of rotatable bonds is 4. The van der Waals surface area contributed by atoms with Crippen molar-refractivity contribution in [1.82, 2.24) is 15.1 Å². The van der Waals surface area contributed by atoms with E-state index in [2.05, 4.69) is 15.1 Å². The lowest BCUT2D eigenvalue weighted by Gasteiger charge is -2.07. The van der Waals surface area contributed by atoms with Gasteiger partial charge in [0.15, 0.2) is 5.13 Å². The highest BCUT2D eigenvalue weighted by Gasteiger charge is 2.24. The molecule has 0 unspecified atom stereocenters. The van der Waals surface area contributed by atoms with E-state index >= 15 is 0 Å². The third kappa shape index (κ3) is 3.35. The van der Waals surface area contributed by atoms with Crippen molar-refractivity contribution < 1.29 is 14.4 Å². The molecule has 5 aromatic rings. The number of H-pyrrole nitrogens is 1. The number of thiazole rings is 1. The zero-order valence-electron chi connectivity index (χ0n) is 16.1. The molecule has 154 valence electrons. The van der Waals surface area contributed by atoms with Crippen molar-refractivity contribution in [1.29, 1.82) is 0 Å². The van der Waals surface area contributed by atoms with Crippen molar-refractivity contribution in [2.45, 2.75) is 6.92 Å². The van der Waals surface area contributed by atoms with Crippen LogP contribution >= 0.6 is 22.9 Å². The molecule has 0 saturated carbocycles. The molecule has 4 N–H and O–H groups in total. The first kappa shape index (κ1) is 19.3. The molecule has 0 bridgehead atoms. The van der Waals surface area contributed by atoms with Gasteiger partial charge in [0.1, 0.15) is 0 Å². The number of halogens is 1. The quantitative estimate of drug-likeness (QED) is 0.314. The number of aryl methyl sites for hydroxylation is 1. The molecule has 0 aliphatic carbocycles. The molecule has 3 aromatic heterocycles. The first-order chi connectivity index (χ1) is 14.9. The molecule has 0 fully saturated rings. The van der Waals surface area contributed by atoms with Crippen LogP contribution in [-0.2, 0) is 0 Å². The number of nitrogens with one attached hydrogen (secondary N) is 1. The normalized spacial score (nSPS) is 11.3. The van der Waals surface area contributed by atoms with Crippen LogP contribution in [0.3, 0.4) is 0 Å². The summed E-state index contributed by atoms with van der Waals surface area (Å²) in [6, 6.07) is 12.7. The smallest absolute Gasteiger partial charge is 0.237 e. The van der Waals surface area contributed by atoms with E-state index in [9.17, 15) is 9.90 Å². The summed E-state index contributed by atoms with van der Waals surface area (Å²) in [5, 5.41) is 17.6. The van der Waals surface area contributed by atoms with Gasteiger partial charge in [-0.05, 0) is 24.6 Å². The average Bonchev–Trinajstić information content (AvgIpc) is 3.45. The second kappa shape index (κ2) is 7.26. The maximum absolute atomic E-state index is 12.9. The molecule has 0 amide bonds. The molecule has 0 radical (unpaired) electrons. The Hall–Kier alpha value is -3.62. The van der Waals surface area contributed by atoms with Gasteiger partial charge in [0, 0.05) is 28.0 Å². The van der Waals surface area contributed by atoms with Crippen molar-refractivity contribution in [3.8, 4) is 28.3 Å². The molecule has 2 aromatic carbocycles. The Bertz CT molecular complexity index is 1450. The van der Waals surface area contributed by atoms with Crippen LogP contribution in [0.15, 0.2) is 52.4 Å². The van der Waals surface area contributed by atoms with E-state index in [1.807, 2.05) is 29.6 Å². The molecular weight excluding hydrogens is 436 g/mol. The maximum Gasteiger partial charge on any atom is 0.237 e. The summed E-state index contributed by atoms with van der Waals surface area (Å²) in [7, 11) is 0. The van der Waals surface area contributed by atoms with Gasteiger partial charge in [0.25, 0.3) is 0 Å². The molecule has 9 heteroatoms. The third-order valence-corrected chi connectivity index (χ3v) is 5.95. The number of carbonyl (C=O) groups excluding carboxylic acids is 1. The molecule has 0 aliphatic heterocycles. The third-order valence-electron chi connectivity index (χ3n) is 4.96. The highest BCUT2D eigenvalue weighted by Crippen LogP contribution is 2.38. The van der Waals surface area contributed by atoms with Crippen molar-refractivity contribution >= 4 is 44.8 Å². The number of anilines is 1. The van der Waals surface area contributed by atoms with Crippen LogP contribution in [0.1, 0.15) is 21.8 Å². The fourth-order valence-electron chi connectivity index (χ4n) is 3.49. The summed E-state index contributed by atoms with van der Waals surface area (Å²) in [4.78, 5) is 20.0. The van der Waals surface area contributed by atoms with E-state index in [1.54, 1.807) is 19.1 Å². The number of aromatic nitrogens is 3. The summed E-state index contributed by atoms with van der Waals surface area (Å²) < 4.78 is 5.08. The number of benzene rings is 2. The lowest BCUT2D eigenvalue weighted by atomic mass is 9.99. The first-order valence-electron chi connectivity index (χ1n) is 9.24. The van der Waals surface area contributed by atoms with Crippen LogP contribution in [0.4, 0.5) is 5.13 Å². The van der Waals surface area contributed by atoms with Crippen LogP contribution < -0.4 is 5.73 Å². The maximum atomic E-state index is 12.9. The first-order valence-corrected chi connectivity index (χ1v) is 10.5. The predicted octanol–water partition coefficient (Wildman–Crippen LogP) is 5.43. The molecule has 0 aliphatic rings. The van der Waals surface area contributed by atoms with Crippen LogP contribution in [0.25, 0.3) is 33.3 Å². The monoisotopic (exact) mass is 450 g/mol.